The van der Waals surface area contributed by atoms with E-state index in [1.54, 1.807) is 53.0 Å². The number of allylic oxidation sites excluding steroid dienone is 1. The lowest BCUT2D eigenvalue weighted by molar-refractivity contribution is 0.0990. The Kier molecular flexibility index (Phi) is 5.85. The second-order valence-corrected chi connectivity index (χ2v) is 14.5. The summed E-state index contributed by atoms with van der Waals surface area (Å²) < 4.78 is 2.41. The normalized spacial score (nSPS) is 14.5. The summed E-state index contributed by atoms with van der Waals surface area (Å²) in [6, 6.07) is 36.9. The predicted octanol–water partition coefficient (Wildman–Crippen LogP) is 10.7. The quantitative estimate of drug-likeness (QED) is 0.143. The molecule has 4 nitrogen and oxygen atoms in total. The summed E-state index contributed by atoms with van der Waals surface area (Å²) in [5, 5.41) is 1.10. The van der Waals surface area contributed by atoms with Crippen molar-refractivity contribution in [3.63, 3.8) is 0 Å². The van der Waals surface area contributed by atoms with E-state index in [1.165, 1.54) is 31.0 Å². The molecule has 3 aromatic heterocycles. The minimum atomic E-state index is -0.243. The molecule has 0 radical (unpaired) electrons. The maximum absolute atomic E-state index is 13.1. The van der Waals surface area contributed by atoms with Crippen molar-refractivity contribution in [1.29, 1.82) is 0 Å². The van der Waals surface area contributed by atoms with Gasteiger partial charge in [-0.15, -0.1) is 22.7 Å². The van der Waals surface area contributed by atoms with Gasteiger partial charge in [-0.3, -0.25) is 14.6 Å². The van der Waals surface area contributed by atoms with Crippen molar-refractivity contribution >= 4 is 77.7 Å². The zero-order valence-corrected chi connectivity index (χ0v) is 26.7. The Morgan fingerprint density at radius 1 is 0.696 bits per heavy atom. The van der Waals surface area contributed by atoms with Crippen LogP contribution >= 0.6 is 22.7 Å². The number of para-hydroxylation sites is 2. The van der Waals surface area contributed by atoms with Gasteiger partial charge < -0.3 is 4.90 Å². The number of anilines is 3. The number of thiophene rings is 2. The van der Waals surface area contributed by atoms with Crippen LogP contribution in [-0.4, -0.2) is 16.6 Å². The van der Waals surface area contributed by atoms with Crippen molar-refractivity contribution in [2.45, 2.75) is 19.3 Å². The molecule has 4 aromatic carbocycles. The van der Waals surface area contributed by atoms with E-state index in [1.807, 2.05) is 30.5 Å². The monoisotopic (exact) mass is 630 g/mol. The number of benzene rings is 4. The molecule has 0 amide bonds. The number of aromatic nitrogens is 1. The van der Waals surface area contributed by atoms with E-state index in [9.17, 15) is 9.59 Å². The Morgan fingerprint density at radius 2 is 1.41 bits per heavy atom. The van der Waals surface area contributed by atoms with Gasteiger partial charge >= 0.3 is 0 Å². The molecule has 0 aliphatic heterocycles. The predicted molar refractivity (Wildman–Crippen MR) is 190 cm³/mol. The molecule has 0 spiro atoms. The molecule has 0 saturated heterocycles. The zero-order valence-electron chi connectivity index (χ0n) is 25.1. The summed E-state index contributed by atoms with van der Waals surface area (Å²) in [4.78, 5) is 35.4. The van der Waals surface area contributed by atoms with Crippen molar-refractivity contribution in [2.24, 2.45) is 0 Å². The molecular weight excluding hydrogens is 605 g/mol. The smallest absolute Gasteiger partial charge is 0.197 e. The first-order valence-electron chi connectivity index (χ1n) is 15.2. The lowest BCUT2D eigenvalue weighted by Gasteiger charge is -2.28. The van der Waals surface area contributed by atoms with Crippen LogP contribution in [0.2, 0.25) is 0 Å². The summed E-state index contributed by atoms with van der Waals surface area (Å²) in [5.41, 5.74) is 9.00. The Hall–Kier alpha value is -5.17. The Bertz CT molecular complexity index is 2410. The first-order chi connectivity index (χ1) is 22.4. The van der Waals surface area contributed by atoms with E-state index in [4.69, 9.17) is 4.98 Å². The molecule has 2 aliphatic rings. The standard InChI is InChI=1S/C40H26N2O2S2/c1-40(2)32-19-25(42(24-11-4-3-5-12-24)26-18-23-10-6-9-15-33(23)41-22-26)16-17-30(32)38-35(40)39-34(46-38)21-27(45-39)20-31-36(43)28-13-7-8-14-29(28)37(31)44/h3-22H,1-2H3. The Labute approximate surface area is 273 Å². The van der Waals surface area contributed by atoms with Crippen LogP contribution in [0.15, 0.2) is 121 Å². The van der Waals surface area contributed by atoms with Crippen LogP contribution in [0.25, 0.3) is 36.8 Å². The molecule has 3 heterocycles. The number of carbonyl (C=O) groups excluding carboxylic acids is 2. The Morgan fingerprint density at radius 3 is 2.20 bits per heavy atom. The average Bonchev–Trinajstić information content (AvgIpc) is 3.76. The fourth-order valence-electron chi connectivity index (χ4n) is 7.01. The van der Waals surface area contributed by atoms with Crippen molar-refractivity contribution < 1.29 is 9.59 Å². The summed E-state index contributed by atoms with van der Waals surface area (Å²) in [5.74, 6) is -0.375. The number of hydrogen-bond acceptors (Lipinski definition) is 6. The highest BCUT2D eigenvalue weighted by Gasteiger charge is 2.40. The largest absolute Gasteiger partial charge is 0.309 e. The molecule has 46 heavy (non-hydrogen) atoms. The van der Waals surface area contributed by atoms with Crippen LogP contribution in [0, 0.1) is 0 Å². The highest BCUT2D eigenvalue weighted by molar-refractivity contribution is 7.30. The van der Waals surface area contributed by atoms with Gasteiger partial charge in [-0.1, -0.05) is 80.6 Å². The number of pyridine rings is 1. The van der Waals surface area contributed by atoms with Crippen LogP contribution in [0.4, 0.5) is 17.1 Å². The third-order valence-corrected chi connectivity index (χ3v) is 11.6. The van der Waals surface area contributed by atoms with Crippen LogP contribution in [0.1, 0.15) is 50.6 Å². The highest BCUT2D eigenvalue weighted by Crippen LogP contribution is 2.58. The van der Waals surface area contributed by atoms with Gasteiger partial charge in [0.2, 0.25) is 0 Å². The van der Waals surface area contributed by atoms with E-state index in [0.717, 1.165) is 32.8 Å². The molecule has 220 valence electrons. The third-order valence-electron chi connectivity index (χ3n) is 9.23. The SMILES string of the molecule is CC1(C)c2cc(N(c3ccccc3)c3cnc4ccccc4c3)ccc2-c2sc3cc(C=C4C(=O)c5ccccc5C4=O)sc3c21. The van der Waals surface area contributed by atoms with Gasteiger partial charge in [-0.25, -0.2) is 0 Å². The second kappa shape index (κ2) is 9.91. The fourth-order valence-corrected chi connectivity index (χ4v) is 9.95. The van der Waals surface area contributed by atoms with Gasteiger partial charge in [0.1, 0.15) is 0 Å². The topological polar surface area (TPSA) is 50.3 Å². The van der Waals surface area contributed by atoms with Gasteiger partial charge in [-0.05, 0) is 65.2 Å². The minimum absolute atomic E-state index is 0.188. The number of carbonyl (C=O) groups is 2. The molecule has 7 aromatic rings. The zero-order chi connectivity index (χ0) is 31.2. The molecule has 0 fully saturated rings. The van der Waals surface area contributed by atoms with Gasteiger partial charge in [-0.2, -0.15) is 0 Å². The maximum atomic E-state index is 13.1. The molecule has 0 unspecified atom stereocenters. The second-order valence-electron chi connectivity index (χ2n) is 12.3. The average molecular weight is 631 g/mol. The molecule has 0 atom stereocenters. The number of fused-ring (bicyclic) bond motifs is 7. The molecule has 0 bridgehead atoms. The molecule has 9 rings (SSSR count). The summed E-state index contributed by atoms with van der Waals surface area (Å²) in [6.07, 6.45) is 3.74. The molecule has 6 heteroatoms. The molecule has 0 saturated carbocycles. The molecule has 0 N–H and O–H groups in total. The number of rotatable bonds is 4. The van der Waals surface area contributed by atoms with Crippen molar-refractivity contribution in [3.8, 4) is 10.4 Å². The lowest BCUT2D eigenvalue weighted by atomic mass is 9.82. The van der Waals surface area contributed by atoms with Crippen molar-refractivity contribution in [2.75, 3.05) is 4.90 Å². The van der Waals surface area contributed by atoms with E-state index in [2.05, 4.69) is 79.4 Å². The van der Waals surface area contributed by atoms with Crippen molar-refractivity contribution in [1.82, 2.24) is 4.98 Å². The van der Waals surface area contributed by atoms with Crippen LogP contribution in [0.5, 0.6) is 0 Å². The maximum Gasteiger partial charge on any atom is 0.197 e. The summed E-state index contributed by atoms with van der Waals surface area (Å²) in [7, 11) is 0. The third kappa shape index (κ3) is 3.94. The highest BCUT2D eigenvalue weighted by atomic mass is 32.1. The number of Topliss-reactive ketones (excluding diaryl/α,β-unsaturated/α-hetero) is 2. The molecule has 2 aliphatic carbocycles. The van der Waals surface area contributed by atoms with E-state index < -0.39 is 0 Å². The number of ketones is 2. The van der Waals surface area contributed by atoms with Crippen LogP contribution < -0.4 is 4.90 Å². The van der Waals surface area contributed by atoms with Gasteiger partial charge in [0.15, 0.2) is 11.6 Å². The van der Waals surface area contributed by atoms with Crippen LogP contribution in [-0.2, 0) is 5.41 Å². The van der Waals surface area contributed by atoms with Gasteiger partial charge in [0, 0.05) is 47.8 Å². The number of nitrogens with zero attached hydrogens (tertiary/aromatic N) is 2. The first kappa shape index (κ1) is 27.2. The first-order valence-corrected chi connectivity index (χ1v) is 16.8. The number of hydrogen-bond donors (Lipinski definition) is 0. The van der Waals surface area contributed by atoms with Gasteiger partial charge in [0.05, 0.1) is 27.7 Å². The Balaban J connectivity index is 1.13. The molecular formula is C40H26N2O2S2. The summed E-state index contributed by atoms with van der Waals surface area (Å²) >= 11 is 3.46. The van der Waals surface area contributed by atoms with E-state index >= 15 is 0 Å². The fraction of sp³-hybridized carbons (Fsp3) is 0.0750. The van der Waals surface area contributed by atoms with E-state index in [-0.39, 0.29) is 22.6 Å². The summed E-state index contributed by atoms with van der Waals surface area (Å²) in [6.45, 7) is 4.60. The van der Waals surface area contributed by atoms with E-state index in [0.29, 0.717) is 11.1 Å². The van der Waals surface area contributed by atoms with Crippen molar-refractivity contribution in [3.05, 3.63) is 148 Å². The lowest BCUT2D eigenvalue weighted by Crippen LogP contribution is -2.16. The minimum Gasteiger partial charge on any atom is -0.309 e. The van der Waals surface area contributed by atoms with Gasteiger partial charge in [0.25, 0.3) is 0 Å². The van der Waals surface area contributed by atoms with Crippen LogP contribution in [0.3, 0.4) is 0 Å².